The molecule has 0 bridgehead atoms. The number of hydrogen-bond donors (Lipinski definition) is 3. The lowest BCUT2D eigenvalue weighted by Crippen LogP contribution is -2.37. The fraction of sp³-hybridized carbons (Fsp3) is 0.400. The second kappa shape index (κ2) is 6.39. The van der Waals surface area contributed by atoms with E-state index in [0.29, 0.717) is 12.2 Å². The molecule has 1 atom stereocenters. The predicted molar refractivity (Wildman–Crippen MR) is 82.4 cm³/mol. The fourth-order valence-electron chi connectivity index (χ4n) is 2.23. The SMILES string of the molecule is Cc1cc(C)nc(NC(=O)N[C@@H](C)Cc2cc(C)[nH]n2)c1. The Hall–Kier alpha value is -2.37. The third-order valence-electron chi connectivity index (χ3n) is 2.99. The minimum Gasteiger partial charge on any atom is -0.335 e. The van der Waals surface area contributed by atoms with E-state index in [1.54, 1.807) is 0 Å². The molecule has 0 saturated heterocycles. The van der Waals surface area contributed by atoms with E-state index < -0.39 is 0 Å². The third kappa shape index (κ3) is 4.59. The van der Waals surface area contributed by atoms with Crippen LogP contribution in [0.15, 0.2) is 18.2 Å². The van der Waals surface area contributed by atoms with Gasteiger partial charge in [-0.15, -0.1) is 0 Å². The summed E-state index contributed by atoms with van der Waals surface area (Å²) in [7, 11) is 0. The van der Waals surface area contributed by atoms with Crippen LogP contribution in [0.4, 0.5) is 10.6 Å². The Bertz CT molecular complexity index is 614. The van der Waals surface area contributed by atoms with Crippen LogP contribution >= 0.6 is 0 Å². The first-order valence-electron chi connectivity index (χ1n) is 6.96. The largest absolute Gasteiger partial charge is 0.335 e. The number of amides is 2. The molecule has 0 aliphatic rings. The maximum Gasteiger partial charge on any atom is 0.320 e. The molecule has 6 nitrogen and oxygen atoms in total. The molecular weight excluding hydrogens is 266 g/mol. The van der Waals surface area contributed by atoms with Crippen LogP contribution in [0.25, 0.3) is 0 Å². The van der Waals surface area contributed by atoms with Crippen LogP contribution in [0, 0.1) is 20.8 Å². The number of rotatable bonds is 4. The van der Waals surface area contributed by atoms with Crippen molar-refractivity contribution < 1.29 is 4.79 Å². The number of nitrogens with zero attached hydrogens (tertiary/aromatic N) is 2. The summed E-state index contributed by atoms with van der Waals surface area (Å²) >= 11 is 0. The molecule has 2 aromatic heterocycles. The Balaban J connectivity index is 1.88. The Kier molecular flexibility index (Phi) is 4.57. The summed E-state index contributed by atoms with van der Waals surface area (Å²) in [4.78, 5) is 16.2. The molecule has 0 radical (unpaired) electrons. The van der Waals surface area contributed by atoms with Crippen molar-refractivity contribution >= 4 is 11.8 Å². The topological polar surface area (TPSA) is 82.7 Å². The molecule has 6 heteroatoms. The van der Waals surface area contributed by atoms with Crippen LogP contribution in [0.2, 0.25) is 0 Å². The monoisotopic (exact) mass is 287 g/mol. The molecular formula is C15H21N5O. The van der Waals surface area contributed by atoms with Crippen molar-refractivity contribution in [3.05, 3.63) is 40.8 Å². The third-order valence-corrected chi connectivity index (χ3v) is 2.99. The average Bonchev–Trinajstić information content (AvgIpc) is 2.72. The highest BCUT2D eigenvalue weighted by atomic mass is 16.2. The van der Waals surface area contributed by atoms with Gasteiger partial charge in [0.05, 0.1) is 5.69 Å². The Morgan fingerprint density at radius 2 is 2.05 bits per heavy atom. The molecule has 0 aliphatic carbocycles. The Morgan fingerprint density at radius 3 is 2.67 bits per heavy atom. The van der Waals surface area contributed by atoms with Gasteiger partial charge in [-0.3, -0.25) is 10.4 Å². The minimum atomic E-state index is -0.257. The second-order valence-electron chi connectivity index (χ2n) is 5.42. The number of hydrogen-bond acceptors (Lipinski definition) is 3. The summed E-state index contributed by atoms with van der Waals surface area (Å²) in [5.41, 5.74) is 3.90. The molecule has 0 fully saturated rings. The van der Waals surface area contributed by atoms with Crippen LogP contribution in [-0.2, 0) is 6.42 Å². The van der Waals surface area contributed by atoms with Gasteiger partial charge in [-0.2, -0.15) is 5.10 Å². The lowest BCUT2D eigenvalue weighted by molar-refractivity contribution is 0.249. The quantitative estimate of drug-likeness (QED) is 0.808. The molecule has 0 spiro atoms. The zero-order valence-corrected chi connectivity index (χ0v) is 12.8. The molecule has 21 heavy (non-hydrogen) atoms. The predicted octanol–water partition coefficient (Wildman–Crippen LogP) is 2.48. The number of carbonyl (C=O) groups excluding carboxylic acids is 1. The molecule has 0 aliphatic heterocycles. The lowest BCUT2D eigenvalue weighted by atomic mass is 10.2. The number of pyridine rings is 1. The first-order chi connectivity index (χ1) is 9.92. The van der Waals surface area contributed by atoms with Crippen molar-refractivity contribution in [1.29, 1.82) is 0 Å². The molecule has 2 amide bonds. The molecule has 2 heterocycles. The highest BCUT2D eigenvalue weighted by molar-refractivity contribution is 5.88. The highest BCUT2D eigenvalue weighted by Crippen LogP contribution is 2.09. The van der Waals surface area contributed by atoms with E-state index >= 15 is 0 Å². The highest BCUT2D eigenvalue weighted by Gasteiger charge is 2.10. The van der Waals surface area contributed by atoms with E-state index in [9.17, 15) is 4.79 Å². The van der Waals surface area contributed by atoms with Crippen molar-refractivity contribution in [1.82, 2.24) is 20.5 Å². The number of aromatic nitrogens is 3. The molecule has 112 valence electrons. The van der Waals surface area contributed by atoms with Gasteiger partial charge in [-0.05, 0) is 51.5 Å². The molecule has 3 N–H and O–H groups in total. The van der Waals surface area contributed by atoms with E-state index in [0.717, 1.165) is 22.6 Å². The zero-order valence-electron chi connectivity index (χ0n) is 12.8. The summed E-state index contributed by atoms with van der Waals surface area (Å²) in [5, 5.41) is 12.7. The van der Waals surface area contributed by atoms with Gasteiger partial charge in [-0.25, -0.2) is 9.78 Å². The number of aromatic amines is 1. The minimum absolute atomic E-state index is 0.0152. The number of H-pyrrole nitrogens is 1. The van der Waals surface area contributed by atoms with Gasteiger partial charge in [-0.1, -0.05) is 0 Å². The summed E-state index contributed by atoms with van der Waals surface area (Å²) < 4.78 is 0. The summed E-state index contributed by atoms with van der Waals surface area (Å²) in [6.07, 6.45) is 0.679. The van der Waals surface area contributed by atoms with Gasteiger partial charge in [0.1, 0.15) is 5.82 Å². The number of anilines is 1. The molecule has 0 aromatic carbocycles. The number of carbonyl (C=O) groups is 1. The summed E-state index contributed by atoms with van der Waals surface area (Å²) in [6, 6.07) is 5.51. The van der Waals surface area contributed by atoms with Gasteiger partial charge >= 0.3 is 6.03 Å². The number of nitrogens with one attached hydrogen (secondary N) is 3. The van der Waals surface area contributed by atoms with Crippen LogP contribution in [0.3, 0.4) is 0 Å². The average molecular weight is 287 g/mol. The van der Waals surface area contributed by atoms with Gasteiger partial charge in [0, 0.05) is 23.9 Å². The van der Waals surface area contributed by atoms with Gasteiger partial charge in [0.15, 0.2) is 0 Å². The Morgan fingerprint density at radius 1 is 1.29 bits per heavy atom. The first-order valence-corrected chi connectivity index (χ1v) is 6.96. The summed E-state index contributed by atoms with van der Waals surface area (Å²) in [5.74, 6) is 0.563. The number of aryl methyl sites for hydroxylation is 3. The molecule has 2 aromatic rings. The van der Waals surface area contributed by atoms with Crippen molar-refractivity contribution in [2.45, 2.75) is 40.2 Å². The van der Waals surface area contributed by atoms with Crippen LogP contribution < -0.4 is 10.6 Å². The van der Waals surface area contributed by atoms with Gasteiger partial charge in [0.2, 0.25) is 0 Å². The number of urea groups is 1. The first kappa shape index (κ1) is 15.0. The van der Waals surface area contributed by atoms with Crippen LogP contribution in [0.5, 0.6) is 0 Å². The van der Waals surface area contributed by atoms with E-state index in [2.05, 4.69) is 25.8 Å². The second-order valence-corrected chi connectivity index (χ2v) is 5.42. The molecule has 0 unspecified atom stereocenters. The fourth-order valence-corrected chi connectivity index (χ4v) is 2.23. The van der Waals surface area contributed by atoms with Crippen LogP contribution in [0.1, 0.15) is 29.6 Å². The zero-order chi connectivity index (χ0) is 15.4. The van der Waals surface area contributed by atoms with E-state index in [1.807, 2.05) is 45.9 Å². The Labute approximate surface area is 124 Å². The summed E-state index contributed by atoms with van der Waals surface area (Å²) in [6.45, 7) is 7.77. The molecule has 0 saturated carbocycles. The maximum atomic E-state index is 12.0. The lowest BCUT2D eigenvalue weighted by Gasteiger charge is -2.13. The van der Waals surface area contributed by atoms with E-state index in [-0.39, 0.29) is 12.1 Å². The molecule has 2 rings (SSSR count). The maximum absolute atomic E-state index is 12.0. The smallest absolute Gasteiger partial charge is 0.320 e. The normalized spacial score (nSPS) is 12.0. The van der Waals surface area contributed by atoms with Crippen LogP contribution in [-0.4, -0.2) is 27.3 Å². The van der Waals surface area contributed by atoms with Crippen molar-refractivity contribution in [2.75, 3.05) is 5.32 Å². The van der Waals surface area contributed by atoms with E-state index in [1.165, 1.54) is 0 Å². The van der Waals surface area contributed by atoms with Crippen molar-refractivity contribution in [3.63, 3.8) is 0 Å². The van der Waals surface area contributed by atoms with Crippen molar-refractivity contribution in [3.8, 4) is 0 Å². The van der Waals surface area contributed by atoms with Gasteiger partial charge in [0.25, 0.3) is 0 Å². The standard InChI is InChI=1S/C15H21N5O/c1-9-5-10(2)16-14(6-9)18-15(21)17-11(3)7-13-8-12(4)19-20-13/h5-6,8,11H,7H2,1-4H3,(H,19,20)(H2,16,17,18,21)/t11-/m0/s1. The van der Waals surface area contributed by atoms with E-state index in [4.69, 9.17) is 0 Å². The van der Waals surface area contributed by atoms with Crippen molar-refractivity contribution in [2.24, 2.45) is 0 Å². The van der Waals surface area contributed by atoms with Gasteiger partial charge < -0.3 is 5.32 Å².